The molecule has 1 aliphatic rings. The summed E-state index contributed by atoms with van der Waals surface area (Å²) in [5, 5.41) is 14.9. The summed E-state index contributed by atoms with van der Waals surface area (Å²) in [5.41, 5.74) is 1.85. The third-order valence-corrected chi connectivity index (χ3v) is 5.45. The molecular formula is C18H24N6O2S. The molecule has 144 valence electrons. The van der Waals surface area contributed by atoms with E-state index in [4.69, 9.17) is 0 Å². The molecule has 9 heteroatoms. The van der Waals surface area contributed by atoms with Crippen LogP contribution in [-0.4, -0.2) is 55.8 Å². The highest BCUT2D eigenvalue weighted by Gasteiger charge is 2.30. The summed E-state index contributed by atoms with van der Waals surface area (Å²) >= 11 is 1.32. The van der Waals surface area contributed by atoms with E-state index in [0.29, 0.717) is 11.2 Å². The number of benzene rings is 1. The van der Waals surface area contributed by atoms with Gasteiger partial charge in [0.15, 0.2) is 0 Å². The lowest BCUT2D eigenvalue weighted by molar-refractivity contribution is -0.132. The largest absolute Gasteiger partial charge is 0.335 e. The molecule has 0 radical (unpaired) electrons. The molecule has 1 N–H and O–H groups in total. The summed E-state index contributed by atoms with van der Waals surface area (Å²) in [6.45, 7) is 3.84. The highest BCUT2D eigenvalue weighted by atomic mass is 32.2. The number of amides is 2. The molecular weight excluding hydrogens is 364 g/mol. The quantitative estimate of drug-likeness (QED) is 0.697. The fourth-order valence-electron chi connectivity index (χ4n) is 2.76. The number of nitrogens with one attached hydrogen (secondary N) is 1. The number of hydrogen-bond acceptors (Lipinski definition) is 6. The van der Waals surface area contributed by atoms with E-state index in [1.54, 1.807) is 18.7 Å². The molecule has 0 bridgehead atoms. The topological polar surface area (TPSA) is 93.0 Å². The maximum atomic E-state index is 12.6. The van der Waals surface area contributed by atoms with E-state index in [2.05, 4.69) is 20.8 Å². The summed E-state index contributed by atoms with van der Waals surface area (Å²) < 4.78 is 1.78. The first-order valence-corrected chi connectivity index (χ1v) is 9.94. The van der Waals surface area contributed by atoms with Crippen LogP contribution in [0, 0.1) is 0 Å². The SMILES string of the molecule is CCc1ccccc1NC(=O)CN(C)C(=O)C(C)Sc1nnnn1C1CC1. The number of rotatable bonds is 8. The summed E-state index contributed by atoms with van der Waals surface area (Å²) in [5.74, 6) is -0.351. The van der Waals surface area contributed by atoms with Crippen molar-refractivity contribution in [1.82, 2.24) is 25.1 Å². The minimum absolute atomic E-state index is 0.00462. The van der Waals surface area contributed by atoms with E-state index >= 15 is 0 Å². The van der Waals surface area contributed by atoms with Crippen LogP contribution >= 0.6 is 11.8 Å². The third kappa shape index (κ3) is 4.85. The van der Waals surface area contributed by atoms with Crippen molar-refractivity contribution in [2.75, 3.05) is 18.9 Å². The predicted octanol–water partition coefficient (Wildman–Crippen LogP) is 2.15. The number of para-hydroxylation sites is 1. The zero-order valence-electron chi connectivity index (χ0n) is 15.8. The molecule has 1 saturated carbocycles. The van der Waals surface area contributed by atoms with E-state index in [-0.39, 0.29) is 23.6 Å². The molecule has 0 aliphatic heterocycles. The second-order valence-electron chi connectivity index (χ2n) is 6.65. The van der Waals surface area contributed by atoms with Crippen LogP contribution in [0.15, 0.2) is 29.4 Å². The Bertz CT molecular complexity index is 820. The van der Waals surface area contributed by atoms with Crippen LogP contribution in [0.2, 0.25) is 0 Å². The van der Waals surface area contributed by atoms with Crippen LogP contribution in [-0.2, 0) is 16.0 Å². The van der Waals surface area contributed by atoms with E-state index in [9.17, 15) is 9.59 Å². The van der Waals surface area contributed by atoms with Crippen molar-refractivity contribution in [2.24, 2.45) is 0 Å². The molecule has 8 nitrogen and oxygen atoms in total. The van der Waals surface area contributed by atoms with E-state index in [0.717, 1.165) is 30.5 Å². The number of aromatic nitrogens is 4. The Morgan fingerprint density at radius 2 is 2.11 bits per heavy atom. The van der Waals surface area contributed by atoms with Crippen molar-refractivity contribution in [3.63, 3.8) is 0 Å². The highest BCUT2D eigenvalue weighted by molar-refractivity contribution is 8.00. The Hall–Kier alpha value is -2.42. The summed E-state index contributed by atoms with van der Waals surface area (Å²) in [6, 6.07) is 8.03. The Kier molecular flexibility index (Phi) is 6.10. The van der Waals surface area contributed by atoms with Gasteiger partial charge in [0.1, 0.15) is 0 Å². The van der Waals surface area contributed by atoms with Gasteiger partial charge in [-0.3, -0.25) is 9.59 Å². The van der Waals surface area contributed by atoms with Crippen molar-refractivity contribution in [1.29, 1.82) is 0 Å². The van der Waals surface area contributed by atoms with E-state index < -0.39 is 0 Å². The lowest BCUT2D eigenvalue weighted by Crippen LogP contribution is -2.39. The smallest absolute Gasteiger partial charge is 0.243 e. The van der Waals surface area contributed by atoms with Crippen LogP contribution in [0.25, 0.3) is 0 Å². The third-order valence-electron chi connectivity index (χ3n) is 4.41. The molecule has 1 fully saturated rings. The predicted molar refractivity (Wildman–Crippen MR) is 103 cm³/mol. The molecule has 1 heterocycles. The molecule has 2 amide bonds. The molecule has 0 spiro atoms. The van der Waals surface area contributed by atoms with Crippen molar-refractivity contribution >= 4 is 29.3 Å². The average molecular weight is 388 g/mol. The van der Waals surface area contributed by atoms with Crippen LogP contribution in [0.3, 0.4) is 0 Å². The van der Waals surface area contributed by atoms with Crippen LogP contribution < -0.4 is 5.32 Å². The maximum Gasteiger partial charge on any atom is 0.243 e. The summed E-state index contributed by atoms with van der Waals surface area (Å²) in [4.78, 5) is 26.4. The molecule has 0 saturated heterocycles. The van der Waals surface area contributed by atoms with Gasteiger partial charge in [0, 0.05) is 12.7 Å². The number of anilines is 1. The molecule has 1 aromatic carbocycles. The van der Waals surface area contributed by atoms with Gasteiger partial charge in [-0.05, 0) is 48.2 Å². The number of aryl methyl sites for hydroxylation is 1. The first kappa shape index (κ1) is 19.3. The number of carbonyl (C=O) groups is 2. The number of nitrogens with zero attached hydrogens (tertiary/aromatic N) is 5. The summed E-state index contributed by atoms with van der Waals surface area (Å²) in [6.07, 6.45) is 2.97. The number of hydrogen-bond donors (Lipinski definition) is 1. The monoisotopic (exact) mass is 388 g/mol. The Labute approximate surface area is 162 Å². The standard InChI is InChI=1S/C18H24N6O2S/c1-4-13-7-5-6-8-15(13)19-16(25)11-23(3)17(26)12(2)27-18-20-21-22-24(18)14-9-10-14/h5-8,12,14H,4,9-11H2,1-3H3,(H,19,25). The Morgan fingerprint density at radius 1 is 1.37 bits per heavy atom. The van der Waals surface area contributed by atoms with Gasteiger partial charge < -0.3 is 10.2 Å². The van der Waals surface area contributed by atoms with Crippen LogP contribution in [0.5, 0.6) is 0 Å². The van der Waals surface area contributed by atoms with Crippen LogP contribution in [0.1, 0.15) is 38.3 Å². The molecule has 1 atom stereocenters. The van der Waals surface area contributed by atoms with Crippen molar-refractivity contribution < 1.29 is 9.59 Å². The second-order valence-corrected chi connectivity index (χ2v) is 7.96. The van der Waals surface area contributed by atoms with Crippen molar-refractivity contribution in [2.45, 2.75) is 49.6 Å². The minimum Gasteiger partial charge on any atom is -0.335 e. The zero-order valence-corrected chi connectivity index (χ0v) is 16.6. The van der Waals surface area contributed by atoms with Crippen LogP contribution in [0.4, 0.5) is 5.69 Å². The zero-order chi connectivity index (χ0) is 19.4. The normalized spacial score (nSPS) is 14.6. The number of likely N-dealkylation sites (N-methyl/N-ethyl adjacent to an activating group) is 1. The maximum absolute atomic E-state index is 12.6. The molecule has 3 rings (SSSR count). The van der Waals surface area contributed by atoms with Crippen molar-refractivity contribution in [3.8, 4) is 0 Å². The lowest BCUT2D eigenvalue weighted by atomic mass is 10.1. The fourth-order valence-corrected chi connectivity index (χ4v) is 3.74. The van der Waals surface area contributed by atoms with Gasteiger partial charge >= 0.3 is 0 Å². The van der Waals surface area contributed by atoms with E-state index in [1.807, 2.05) is 31.2 Å². The van der Waals surface area contributed by atoms with E-state index in [1.165, 1.54) is 16.7 Å². The lowest BCUT2D eigenvalue weighted by Gasteiger charge is -2.20. The van der Waals surface area contributed by atoms with Gasteiger partial charge in [-0.1, -0.05) is 36.9 Å². The molecule has 1 aromatic heterocycles. The van der Waals surface area contributed by atoms with Gasteiger partial charge in [-0.25, -0.2) is 4.68 Å². The molecule has 2 aromatic rings. The second kappa shape index (κ2) is 8.51. The average Bonchev–Trinajstić information content (AvgIpc) is 3.40. The fraction of sp³-hybridized carbons (Fsp3) is 0.500. The molecule has 1 unspecified atom stereocenters. The number of carbonyl (C=O) groups excluding carboxylic acids is 2. The minimum atomic E-state index is -0.380. The van der Waals surface area contributed by atoms with Gasteiger partial charge in [-0.15, -0.1) is 5.10 Å². The van der Waals surface area contributed by atoms with Gasteiger partial charge in [-0.2, -0.15) is 0 Å². The first-order chi connectivity index (χ1) is 13.0. The molecule has 1 aliphatic carbocycles. The number of tetrazole rings is 1. The Balaban J connectivity index is 1.54. The molecule has 27 heavy (non-hydrogen) atoms. The van der Waals surface area contributed by atoms with Gasteiger partial charge in [0.05, 0.1) is 17.8 Å². The summed E-state index contributed by atoms with van der Waals surface area (Å²) in [7, 11) is 1.63. The van der Waals surface area contributed by atoms with Gasteiger partial charge in [0.2, 0.25) is 17.0 Å². The van der Waals surface area contributed by atoms with Crippen molar-refractivity contribution in [3.05, 3.63) is 29.8 Å². The number of thioether (sulfide) groups is 1. The Morgan fingerprint density at radius 3 is 2.81 bits per heavy atom. The highest BCUT2D eigenvalue weighted by Crippen LogP contribution is 2.37. The first-order valence-electron chi connectivity index (χ1n) is 9.06. The van der Waals surface area contributed by atoms with Gasteiger partial charge in [0.25, 0.3) is 0 Å².